The Bertz CT molecular complexity index is 1310. The zero-order chi connectivity index (χ0) is 24.4. The predicted octanol–water partition coefficient (Wildman–Crippen LogP) is 3.79. The van der Waals surface area contributed by atoms with Gasteiger partial charge in [0.1, 0.15) is 6.61 Å². The molecule has 0 aliphatic carbocycles. The maximum absolute atomic E-state index is 13.1. The fourth-order valence-corrected chi connectivity index (χ4v) is 6.10. The summed E-state index contributed by atoms with van der Waals surface area (Å²) in [6.45, 7) is 2.71. The van der Waals surface area contributed by atoms with Crippen LogP contribution < -0.4 is 14.8 Å². The van der Waals surface area contributed by atoms with Crippen LogP contribution in [0.4, 0.5) is 6.01 Å². The standard InChI is InChI=1S/C24H26N4O6S/c1-2-17-7-5-6-14-28(17)35(30,31)18-12-10-16(11-13-18)22(29)25-24-27-26-23(34-24)21-15-32-19-8-3-4-9-20(19)33-21/h3-4,8-13,17,21H,2,5-7,14-15H2,1H3,(H,25,27,29). The first-order valence-electron chi connectivity index (χ1n) is 11.6. The van der Waals surface area contributed by atoms with Crippen LogP contribution in [0.15, 0.2) is 57.8 Å². The van der Waals surface area contributed by atoms with Gasteiger partial charge in [-0.25, -0.2) is 8.42 Å². The topological polar surface area (TPSA) is 124 Å². The van der Waals surface area contributed by atoms with E-state index in [1.54, 1.807) is 16.4 Å². The maximum atomic E-state index is 13.1. The van der Waals surface area contributed by atoms with E-state index in [1.807, 2.05) is 19.1 Å². The fourth-order valence-electron chi connectivity index (χ4n) is 4.34. The third-order valence-electron chi connectivity index (χ3n) is 6.21. The Morgan fingerprint density at radius 1 is 1.09 bits per heavy atom. The number of nitrogens with one attached hydrogen (secondary N) is 1. The van der Waals surface area contributed by atoms with Crippen molar-refractivity contribution in [1.29, 1.82) is 0 Å². The van der Waals surface area contributed by atoms with E-state index in [9.17, 15) is 13.2 Å². The number of aromatic nitrogens is 2. The third-order valence-corrected chi connectivity index (χ3v) is 8.18. The lowest BCUT2D eigenvalue weighted by atomic mass is 10.0. The minimum atomic E-state index is -3.62. The van der Waals surface area contributed by atoms with Crippen molar-refractivity contribution < 1.29 is 27.1 Å². The van der Waals surface area contributed by atoms with E-state index in [1.165, 1.54) is 24.3 Å². The van der Waals surface area contributed by atoms with Gasteiger partial charge in [0.25, 0.3) is 11.8 Å². The smallest absolute Gasteiger partial charge is 0.322 e. The van der Waals surface area contributed by atoms with Crippen LogP contribution in [0.1, 0.15) is 55.0 Å². The first kappa shape index (κ1) is 23.3. The van der Waals surface area contributed by atoms with Gasteiger partial charge in [0, 0.05) is 18.2 Å². The number of hydrogen-bond acceptors (Lipinski definition) is 8. The van der Waals surface area contributed by atoms with E-state index in [-0.39, 0.29) is 35.0 Å². The van der Waals surface area contributed by atoms with Crippen LogP contribution >= 0.6 is 0 Å². The second-order valence-corrected chi connectivity index (χ2v) is 10.4. The molecule has 0 saturated carbocycles. The molecular formula is C24H26N4O6S. The summed E-state index contributed by atoms with van der Waals surface area (Å²) >= 11 is 0. The van der Waals surface area contributed by atoms with Gasteiger partial charge in [-0.05, 0) is 55.7 Å². The number of fused-ring (bicyclic) bond motifs is 1. The van der Waals surface area contributed by atoms with Gasteiger partial charge in [-0.2, -0.15) is 4.31 Å². The van der Waals surface area contributed by atoms with Gasteiger partial charge in [-0.3, -0.25) is 10.1 Å². The van der Waals surface area contributed by atoms with E-state index in [4.69, 9.17) is 13.9 Å². The van der Waals surface area contributed by atoms with E-state index in [0.29, 0.717) is 18.0 Å². The lowest BCUT2D eigenvalue weighted by Crippen LogP contribution is -2.43. The van der Waals surface area contributed by atoms with Crippen molar-refractivity contribution in [2.45, 2.75) is 49.6 Å². The number of rotatable bonds is 6. The molecule has 2 unspecified atom stereocenters. The van der Waals surface area contributed by atoms with Crippen LogP contribution in [0.2, 0.25) is 0 Å². The fraction of sp³-hybridized carbons (Fsp3) is 0.375. The Labute approximate surface area is 203 Å². The highest BCUT2D eigenvalue weighted by molar-refractivity contribution is 7.89. The summed E-state index contributed by atoms with van der Waals surface area (Å²) in [5.41, 5.74) is 0.264. The molecule has 2 aliphatic heterocycles. The van der Waals surface area contributed by atoms with Crippen LogP contribution in [0.5, 0.6) is 11.5 Å². The highest BCUT2D eigenvalue weighted by atomic mass is 32.2. The van der Waals surface area contributed by atoms with Gasteiger partial charge in [-0.1, -0.05) is 30.6 Å². The summed E-state index contributed by atoms with van der Waals surface area (Å²) < 4.78 is 44.9. The van der Waals surface area contributed by atoms with Crippen LogP contribution in [0.3, 0.4) is 0 Å². The molecule has 1 N–H and O–H groups in total. The quantitative estimate of drug-likeness (QED) is 0.544. The number of anilines is 1. The van der Waals surface area contributed by atoms with E-state index >= 15 is 0 Å². The van der Waals surface area contributed by atoms with Crippen molar-refractivity contribution in [3.63, 3.8) is 0 Å². The second-order valence-electron chi connectivity index (χ2n) is 8.46. The van der Waals surface area contributed by atoms with Crippen molar-refractivity contribution in [2.75, 3.05) is 18.5 Å². The molecule has 10 nitrogen and oxygen atoms in total. The highest BCUT2D eigenvalue weighted by Crippen LogP contribution is 2.35. The minimum absolute atomic E-state index is 0.00970. The molecular weight excluding hydrogens is 472 g/mol. The summed E-state index contributed by atoms with van der Waals surface area (Å²) in [6, 6.07) is 13.0. The van der Waals surface area contributed by atoms with Gasteiger partial charge in [0.15, 0.2) is 11.5 Å². The number of para-hydroxylation sites is 2. The Kier molecular flexibility index (Phi) is 6.44. The normalized spacial score (nSPS) is 20.4. The molecule has 11 heteroatoms. The summed E-state index contributed by atoms with van der Waals surface area (Å²) in [4.78, 5) is 12.8. The molecule has 1 fully saturated rings. The molecule has 2 aliphatic rings. The van der Waals surface area contributed by atoms with Gasteiger partial charge in [-0.15, -0.1) is 5.10 Å². The molecule has 184 valence electrons. The third kappa shape index (κ3) is 4.73. The molecule has 2 aromatic carbocycles. The Morgan fingerprint density at radius 3 is 2.63 bits per heavy atom. The number of hydrogen-bond donors (Lipinski definition) is 1. The van der Waals surface area contributed by atoms with Crippen molar-refractivity contribution in [3.8, 4) is 11.5 Å². The average Bonchev–Trinajstić information content (AvgIpc) is 3.37. The molecule has 0 bridgehead atoms. The first-order chi connectivity index (χ1) is 17.0. The van der Waals surface area contributed by atoms with Gasteiger partial charge < -0.3 is 13.9 Å². The summed E-state index contributed by atoms with van der Waals surface area (Å²) in [5.74, 6) is 0.869. The van der Waals surface area contributed by atoms with Crippen LogP contribution in [-0.4, -0.2) is 48.0 Å². The van der Waals surface area contributed by atoms with Gasteiger partial charge >= 0.3 is 6.01 Å². The molecule has 0 spiro atoms. The lowest BCUT2D eigenvalue weighted by molar-refractivity contribution is 0.0716. The van der Waals surface area contributed by atoms with Crippen LogP contribution in [0, 0.1) is 0 Å². The molecule has 1 aromatic heterocycles. The number of piperidine rings is 1. The number of sulfonamides is 1. The van der Waals surface area contributed by atoms with Crippen LogP contribution in [0.25, 0.3) is 0 Å². The zero-order valence-corrected chi connectivity index (χ0v) is 20.0. The van der Waals surface area contributed by atoms with E-state index in [0.717, 1.165) is 25.7 Å². The summed E-state index contributed by atoms with van der Waals surface area (Å²) in [6.07, 6.45) is 2.93. The molecule has 1 amide bonds. The Hall–Kier alpha value is -3.44. The lowest BCUT2D eigenvalue weighted by Gasteiger charge is -2.34. The number of carbonyl (C=O) groups excluding carboxylic acids is 1. The zero-order valence-electron chi connectivity index (χ0n) is 19.2. The van der Waals surface area contributed by atoms with Crippen molar-refractivity contribution in [3.05, 3.63) is 60.0 Å². The molecule has 2 atom stereocenters. The van der Waals surface area contributed by atoms with Gasteiger partial charge in [0.05, 0.1) is 4.90 Å². The Morgan fingerprint density at radius 2 is 1.86 bits per heavy atom. The summed E-state index contributed by atoms with van der Waals surface area (Å²) in [7, 11) is -3.62. The Balaban J connectivity index is 1.25. The number of nitrogens with zero attached hydrogens (tertiary/aromatic N) is 3. The van der Waals surface area contributed by atoms with E-state index < -0.39 is 22.0 Å². The predicted molar refractivity (Wildman–Crippen MR) is 126 cm³/mol. The second kappa shape index (κ2) is 9.67. The molecule has 0 radical (unpaired) electrons. The first-order valence-corrected chi connectivity index (χ1v) is 13.0. The average molecular weight is 499 g/mol. The van der Waals surface area contributed by atoms with Crippen molar-refractivity contribution >= 4 is 21.9 Å². The molecule has 3 heterocycles. The molecule has 3 aromatic rings. The summed E-state index contributed by atoms with van der Waals surface area (Å²) in [5, 5.41) is 10.4. The van der Waals surface area contributed by atoms with Crippen LogP contribution in [-0.2, 0) is 10.0 Å². The molecule has 1 saturated heterocycles. The monoisotopic (exact) mass is 498 g/mol. The maximum Gasteiger partial charge on any atom is 0.322 e. The highest BCUT2D eigenvalue weighted by Gasteiger charge is 2.32. The number of ether oxygens (including phenoxy) is 2. The largest absolute Gasteiger partial charge is 0.485 e. The SMILES string of the molecule is CCC1CCCCN1S(=O)(=O)c1ccc(C(=O)Nc2nnc(C3COc4ccccc4O3)o2)cc1. The van der Waals surface area contributed by atoms with Gasteiger partial charge in [0.2, 0.25) is 16.1 Å². The number of carbonyl (C=O) groups is 1. The number of benzene rings is 2. The van der Waals surface area contributed by atoms with Crippen molar-refractivity contribution in [2.24, 2.45) is 0 Å². The number of amides is 1. The molecule has 35 heavy (non-hydrogen) atoms. The molecule has 5 rings (SSSR count). The van der Waals surface area contributed by atoms with Crippen molar-refractivity contribution in [1.82, 2.24) is 14.5 Å². The van der Waals surface area contributed by atoms with E-state index in [2.05, 4.69) is 15.5 Å². The minimum Gasteiger partial charge on any atom is -0.485 e.